The number of piperidine rings is 1. The zero-order chi connectivity index (χ0) is 28.2. The Morgan fingerprint density at radius 3 is 2.46 bits per heavy atom. The standard InChI is InChI=1S/C36H41N3O2/c1-2-21-37-35(41)36(32-17-9-7-14-28(32)25-33(36)27-12-4-3-5-13-27)20-10-11-22-38-23-18-30(19-24-38)39-26-29-15-6-8-16-31(29)34(39)40/h3-9,12-17,25-26,30,40H,2,10-11,18-24H2,1H3,(H,37,41). The molecule has 0 saturated carbocycles. The summed E-state index contributed by atoms with van der Waals surface area (Å²) in [4.78, 5) is 16.6. The number of rotatable bonds is 10. The lowest BCUT2D eigenvalue weighted by atomic mass is 9.70. The topological polar surface area (TPSA) is 57.5 Å². The smallest absolute Gasteiger partial charge is 0.235 e. The first kappa shape index (κ1) is 27.3. The number of likely N-dealkylation sites (tertiary alicyclic amines) is 1. The Balaban J connectivity index is 1.13. The van der Waals surface area contributed by atoms with Gasteiger partial charge in [0.2, 0.25) is 5.91 Å². The normalized spacial score (nSPS) is 19.3. The van der Waals surface area contributed by atoms with Crippen molar-refractivity contribution in [1.82, 2.24) is 14.8 Å². The first-order valence-corrected chi connectivity index (χ1v) is 15.3. The Kier molecular flexibility index (Phi) is 7.97. The Bertz CT molecular complexity index is 1530. The van der Waals surface area contributed by atoms with Gasteiger partial charge in [0.05, 0.1) is 0 Å². The molecule has 2 N–H and O–H groups in total. The molecule has 1 fully saturated rings. The van der Waals surface area contributed by atoms with Crippen LogP contribution < -0.4 is 5.32 Å². The minimum atomic E-state index is -0.673. The van der Waals surface area contributed by atoms with Crippen molar-refractivity contribution in [2.75, 3.05) is 26.2 Å². The highest BCUT2D eigenvalue weighted by Crippen LogP contribution is 2.50. The number of aromatic nitrogens is 1. The summed E-state index contributed by atoms with van der Waals surface area (Å²) in [6, 6.07) is 27.3. The van der Waals surface area contributed by atoms with Gasteiger partial charge in [0.25, 0.3) is 0 Å². The van der Waals surface area contributed by atoms with Gasteiger partial charge < -0.3 is 19.9 Å². The Labute approximate surface area is 243 Å². The van der Waals surface area contributed by atoms with Crippen molar-refractivity contribution < 1.29 is 9.90 Å². The molecule has 3 aromatic carbocycles. The monoisotopic (exact) mass is 547 g/mol. The summed E-state index contributed by atoms with van der Waals surface area (Å²) in [5.74, 6) is 0.518. The lowest BCUT2D eigenvalue weighted by molar-refractivity contribution is -0.125. The van der Waals surface area contributed by atoms with Crippen LogP contribution in [0, 0.1) is 0 Å². The van der Waals surface area contributed by atoms with E-state index in [1.165, 1.54) is 0 Å². The molecule has 1 aromatic heterocycles. The van der Waals surface area contributed by atoms with E-state index in [0.29, 0.717) is 18.5 Å². The van der Waals surface area contributed by atoms with Gasteiger partial charge in [0.1, 0.15) is 5.41 Å². The van der Waals surface area contributed by atoms with Crippen molar-refractivity contribution in [2.24, 2.45) is 0 Å². The van der Waals surface area contributed by atoms with Gasteiger partial charge in [-0.2, -0.15) is 0 Å². The first-order valence-electron chi connectivity index (χ1n) is 15.3. The van der Waals surface area contributed by atoms with Crippen molar-refractivity contribution in [2.45, 2.75) is 56.9 Å². The molecule has 1 atom stereocenters. The van der Waals surface area contributed by atoms with Crippen LogP contribution >= 0.6 is 0 Å². The van der Waals surface area contributed by atoms with Crippen LogP contribution in [0.3, 0.4) is 0 Å². The van der Waals surface area contributed by atoms with E-state index in [9.17, 15) is 9.90 Å². The van der Waals surface area contributed by atoms with E-state index in [-0.39, 0.29) is 5.91 Å². The number of unbranched alkanes of at least 4 members (excludes halogenated alkanes) is 1. The molecule has 4 aromatic rings. The zero-order valence-corrected chi connectivity index (χ0v) is 24.1. The van der Waals surface area contributed by atoms with Crippen molar-refractivity contribution >= 4 is 28.3 Å². The molecule has 1 amide bonds. The highest BCUT2D eigenvalue weighted by Gasteiger charge is 2.47. The average Bonchev–Trinajstić information content (AvgIpc) is 3.54. The lowest BCUT2D eigenvalue weighted by Crippen LogP contribution is -2.45. The highest BCUT2D eigenvalue weighted by atomic mass is 16.3. The Morgan fingerprint density at radius 1 is 0.951 bits per heavy atom. The van der Waals surface area contributed by atoms with Crippen LogP contribution in [0.5, 0.6) is 5.88 Å². The second-order valence-electron chi connectivity index (χ2n) is 11.6. The summed E-state index contributed by atoms with van der Waals surface area (Å²) in [5.41, 5.74) is 3.85. The number of aromatic hydroxyl groups is 1. The van der Waals surface area contributed by atoms with Crippen LogP contribution in [0.25, 0.3) is 22.4 Å². The number of hydrogen-bond acceptors (Lipinski definition) is 3. The summed E-state index contributed by atoms with van der Waals surface area (Å²) in [5, 5.41) is 16.1. The number of nitrogens with one attached hydrogen (secondary N) is 1. The maximum Gasteiger partial charge on any atom is 0.235 e. The first-order chi connectivity index (χ1) is 20.1. The summed E-state index contributed by atoms with van der Waals surface area (Å²) >= 11 is 0. The molecular formula is C36H41N3O2. The molecule has 2 heterocycles. The van der Waals surface area contributed by atoms with Gasteiger partial charge in [-0.1, -0.05) is 86.1 Å². The third-order valence-corrected chi connectivity index (χ3v) is 9.14. The molecule has 6 rings (SSSR count). The van der Waals surface area contributed by atoms with Gasteiger partial charge in [-0.05, 0) is 73.1 Å². The molecule has 5 nitrogen and oxygen atoms in total. The van der Waals surface area contributed by atoms with E-state index in [0.717, 1.165) is 91.2 Å². The molecule has 2 aliphatic rings. The van der Waals surface area contributed by atoms with Gasteiger partial charge in [0.15, 0.2) is 5.88 Å². The highest BCUT2D eigenvalue weighted by molar-refractivity contribution is 6.10. The molecule has 1 aliphatic heterocycles. The Hall–Kier alpha value is -3.83. The van der Waals surface area contributed by atoms with Gasteiger partial charge in [0, 0.05) is 42.6 Å². The maximum atomic E-state index is 14.0. The van der Waals surface area contributed by atoms with Crippen LogP contribution in [-0.2, 0) is 10.2 Å². The number of carbonyl (C=O) groups is 1. The minimum absolute atomic E-state index is 0.124. The summed E-state index contributed by atoms with van der Waals surface area (Å²) in [7, 11) is 0. The fraction of sp³-hybridized carbons (Fsp3) is 0.361. The number of carbonyl (C=O) groups excluding carboxylic acids is 1. The van der Waals surface area contributed by atoms with Crippen LogP contribution in [0.4, 0.5) is 0 Å². The van der Waals surface area contributed by atoms with Crippen molar-refractivity contribution in [3.05, 3.63) is 102 Å². The Morgan fingerprint density at radius 2 is 1.68 bits per heavy atom. The average molecular weight is 548 g/mol. The van der Waals surface area contributed by atoms with E-state index in [1.54, 1.807) is 0 Å². The predicted octanol–water partition coefficient (Wildman–Crippen LogP) is 7.17. The van der Waals surface area contributed by atoms with Crippen LogP contribution in [0.2, 0.25) is 0 Å². The van der Waals surface area contributed by atoms with E-state index in [1.807, 2.05) is 24.3 Å². The molecule has 41 heavy (non-hydrogen) atoms. The molecule has 0 radical (unpaired) electrons. The third kappa shape index (κ3) is 5.19. The fourth-order valence-electron chi connectivity index (χ4n) is 6.99. The van der Waals surface area contributed by atoms with E-state index >= 15 is 0 Å². The molecule has 1 saturated heterocycles. The summed E-state index contributed by atoms with van der Waals surface area (Å²) < 4.78 is 2.08. The number of benzene rings is 3. The van der Waals surface area contributed by atoms with E-state index in [2.05, 4.69) is 88.6 Å². The number of nitrogens with zero attached hydrogens (tertiary/aromatic N) is 2. The van der Waals surface area contributed by atoms with Crippen molar-refractivity contribution in [3.63, 3.8) is 0 Å². The third-order valence-electron chi connectivity index (χ3n) is 9.14. The van der Waals surface area contributed by atoms with Crippen LogP contribution in [-0.4, -0.2) is 46.7 Å². The second kappa shape index (κ2) is 12.0. The number of fused-ring (bicyclic) bond motifs is 2. The summed E-state index contributed by atoms with van der Waals surface area (Å²) in [6.45, 7) is 5.88. The molecule has 1 unspecified atom stereocenters. The zero-order valence-electron chi connectivity index (χ0n) is 24.1. The number of hydrogen-bond donors (Lipinski definition) is 2. The van der Waals surface area contributed by atoms with Gasteiger partial charge >= 0.3 is 0 Å². The molecule has 212 valence electrons. The van der Waals surface area contributed by atoms with Crippen LogP contribution in [0.1, 0.15) is 68.2 Å². The second-order valence-corrected chi connectivity index (χ2v) is 11.6. The van der Waals surface area contributed by atoms with Gasteiger partial charge in [-0.25, -0.2) is 0 Å². The SMILES string of the molecule is CCCNC(=O)C1(CCCCN2CCC(n3cc4ccccc4c3O)CC2)C(c2ccccc2)=Cc2ccccc21. The molecule has 5 heteroatoms. The lowest BCUT2D eigenvalue weighted by Gasteiger charge is -2.35. The van der Waals surface area contributed by atoms with E-state index in [4.69, 9.17) is 0 Å². The van der Waals surface area contributed by atoms with Gasteiger partial charge in [-0.3, -0.25) is 4.79 Å². The number of amides is 1. The predicted molar refractivity (Wildman–Crippen MR) is 168 cm³/mol. The molecule has 0 bridgehead atoms. The van der Waals surface area contributed by atoms with E-state index < -0.39 is 5.41 Å². The maximum absolute atomic E-state index is 14.0. The van der Waals surface area contributed by atoms with Crippen molar-refractivity contribution in [1.29, 1.82) is 0 Å². The fourth-order valence-corrected chi connectivity index (χ4v) is 6.99. The molecule has 0 spiro atoms. The largest absolute Gasteiger partial charge is 0.494 e. The quantitative estimate of drug-likeness (QED) is 0.207. The minimum Gasteiger partial charge on any atom is -0.494 e. The molecular weight excluding hydrogens is 506 g/mol. The van der Waals surface area contributed by atoms with Crippen LogP contribution in [0.15, 0.2) is 85.1 Å². The molecule has 1 aliphatic carbocycles. The van der Waals surface area contributed by atoms with Gasteiger partial charge in [-0.15, -0.1) is 0 Å². The van der Waals surface area contributed by atoms with Crippen molar-refractivity contribution in [3.8, 4) is 5.88 Å². The summed E-state index contributed by atoms with van der Waals surface area (Å²) in [6.07, 6.45) is 10.1.